The number of hydrogen-bond acceptors (Lipinski definition) is 2. The Morgan fingerprint density at radius 3 is 2.20 bits per heavy atom. The van der Waals surface area contributed by atoms with E-state index in [1.54, 1.807) is 42.9 Å². The summed E-state index contributed by atoms with van der Waals surface area (Å²) in [6, 6.07) is 8.90. The molecule has 0 amide bonds. The van der Waals surface area contributed by atoms with Crippen LogP contribution < -0.4 is 4.98 Å². The predicted octanol–water partition coefficient (Wildman–Crippen LogP) is 2.07. The van der Waals surface area contributed by atoms with Crippen molar-refractivity contribution in [2.75, 3.05) is 0 Å². The maximum atomic E-state index is 9.88. The number of aromatic nitrogens is 2. The number of imidazole rings is 1. The number of halogens is 1. The van der Waals surface area contributed by atoms with Crippen molar-refractivity contribution in [2.45, 2.75) is 0 Å². The third kappa shape index (κ3) is 8.56. The van der Waals surface area contributed by atoms with Gasteiger partial charge in [0.25, 0.3) is 0 Å². The summed E-state index contributed by atoms with van der Waals surface area (Å²) in [4.78, 5) is 17.1. The first kappa shape index (κ1) is 14.6. The van der Waals surface area contributed by atoms with Crippen LogP contribution >= 0.6 is 19.0 Å². The Hall–Kier alpha value is -0.430. The fraction of sp³-hybridized carbons (Fsp3) is 0. The van der Waals surface area contributed by atoms with E-state index < -0.39 is 0 Å². The van der Waals surface area contributed by atoms with Crippen molar-refractivity contribution in [1.82, 2.24) is 9.97 Å². The van der Waals surface area contributed by atoms with Gasteiger partial charge in [0, 0.05) is 0 Å². The molecule has 0 fully saturated rings. The van der Waals surface area contributed by atoms with Gasteiger partial charge in [0.15, 0.2) is 0 Å². The summed E-state index contributed by atoms with van der Waals surface area (Å²) in [6.45, 7) is 0. The molecule has 15 heavy (non-hydrogen) atoms. The molecule has 0 bridgehead atoms. The first-order chi connectivity index (χ1) is 7.43. The van der Waals surface area contributed by atoms with Crippen molar-refractivity contribution < 1.29 is 22.0 Å². The Kier molecular flexibility index (Phi) is 11.3. The fourth-order valence-corrected chi connectivity index (χ4v) is 0.699. The molecule has 0 aliphatic heterocycles. The quantitative estimate of drug-likeness (QED) is 0.345. The Balaban J connectivity index is 0.000000241. The van der Waals surface area contributed by atoms with E-state index in [0.717, 1.165) is 0 Å². The van der Waals surface area contributed by atoms with E-state index in [-0.39, 0.29) is 0 Å². The van der Waals surface area contributed by atoms with E-state index in [9.17, 15) is 4.79 Å². The summed E-state index contributed by atoms with van der Waals surface area (Å²) < 4.78 is 0. The third-order valence-corrected chi connectivity index (χ3v) is 1.26. The first-order valence-electron chi connectivity index (χ1n) is 3.84. The van der Waals surface area contributed by atoms with E-state index >= 15 is 0 Å². The Bertz CT molecular complexity index is 309. The van der Waals surface area contributed by atoms with Gasteiger partial charge >= 0.3 is 36.3 Å². The molecule has 84 valence electrons. The molecule has 2 aromatic rings. The zero-order chi connectivity index (χ0) is 11.4. The molecule has 1 heterocycles. The normalized spacial score (nSPS) is 7.67. The van der Waals surface area contributed by atoms with E-state index in [2.05, 4.69) is 46.2 Å². The van der Waals surface area contributed by atoms with Crippen molar-refractivity contribution in [3.63, 3.8) is 0 Å². The molecular weight excluding hydrogens is 488 g/mol. The van der Waals surface area contributed by atoms with Gasteiger partial charge in [0.1, 0.15) is 0 Å². The summed E-state index contributed by atoms with van der Waals surface area (Å²) in [6.07, 6.45) is 6.55. The molecule has 0 aliphatic carbocycles. The number of hydrogen-bond donors (Lipinski definition) is 0. The molecular formula is C10H8AuIN2O-2. The van der Waals surface area contributed by atoms with Crippen LogP contribution in [-0.4, -0.2) is 11.3 Å². The van der Waals surface area contributed by atoms with Crippen LogP contribution in [0.5, 0.6) is 0 Å². The van der Waals surface area contributed by atoms with Gasteiger partial charge in [-0.25, -0.2) is 0 Å². The van der Waals surface area contributed by atoms with Crippen LogP contribution in [0, 0.1) is 0 Å². The van der Waals surface area contributed by atoms with Crippen LogP contribution in [0.1, 0.15) is 5.56 Å². The minimum Gasteiger partial charge on any atom is -0.450 e. The van der Waals surface area contributed by atoms with Crippen molar-refractivity contribution >= 4 is 25.3 Å². The topological polar surface area (TPSA) is 44.1 Å². The SMILES string of the molecule is O=[C-]c1ccccc1.[I][Au].c1c[n-]cn1. The second-order valence-electron chi connectivity index (χ2n) is 2.18. The number of rotatable bonds is 1. The van der Waals surface area contributed by atoms with Gasteiger partial charge in [-0.05, 0) is 0 Å². The van der Waals surface area contributed by atoms with Gasteiger partial charge in [-0.1, -0.05) is 24.8 Å². The average Bonchev–Trinajstić information content (AvgIpc) is 2.92. The minimum absolute atomic E-state index is 0.604. The van der Waals surface area contributed by atoms with Crippen molar-refractivity contribution in [2.24, 2.45) is 0 Å². The molecule has 1 aromatic heterocycles. The van der Waals surface area contributed by atoms with Crippen LogP contribution in [-0.2, 0) is 22.0 Å². The molecule has 0 radical (unpaired) electrons. The Labute approximate surface area is 111 Å². The maximum absolute atomic E-state index is 9.88. The molecule has 0 saturated carbocycles. The third-order valence-electron chi connectivity index (χ3n) is 1.26. The molecule has 0 aliphatic rings. The number of benzene rings is 1. The van der Waals surface area contributed by atoms with Crippen molar-refractivity contribution in [3.8, 4) is 0 Å². The molecule has 0 saturated heterocycles. The van der Waals surface area contributed by atoms with E-state index in [1.165, 1.54) is 6.33 Å². The second kappa shape index (κ2) is 11.6. The summed E-state index contributed by atoms with van der Waals surface area (Å²) in [7, 11) is 0. The molecule has 0 atom stereocenters. The predicted molar refractivity (Wildman–Crippen MR) is 62.8 cm³/mol. The largest absolute Gasteiger partial charge is 0.450 e. The van der Waals surface area contributed by atoms with Gasteiger partial charge < -0.3 is 14.8 Å². The van der Waals surface area contributed by atoms with Crippen LogP contribution in [0.15, 0.2) is 49.1 Å². The van der Waals surface area contributed by atoms with Crippen LogP contribution in [0.25, 0.3) is 0 Å². The van der Waals surface area contributed by atoms with Crippen LogP contribution in [0.2, 0.25) is 0 Å². The van der Waals surface area contributed by atoms with Gasteiger partial charge in [-0.3, -0.25) is 0 Å². The van der Waals surface area contributed by atoms with Gasteiger partial charge in [-0.15, -0.1) is 12.1 Å². The Morgan fingerprint density at radius 2 is 1.93 bits per heavy atom. The summed E-state index contributed by atoms with van der Waals surface area (Å²) >= 11 is 4.34. The average molecular weight is 496 g/mol. The van der Waals surface area contributed by atoms with E-state index in [0.29, 0.717) is 5.56 Å². The van der Waals surface area contributed by atoms with Crippen LogP contribution in [0.4, 0.5) is 0 Å². The van der Waals surface area contributed by atoms with E-state index in [4.69, 9.17) is 0 Å². The summed E-state index contributed by atoms with van der Waals surface area (Å²) in [5.41, 5.74) is 0.604. The molecule has 1 aromatic carbocycles. The number of carbonyl (C=O) groups excluding carboxylic acids is 1. The molecule has 2 rings (SSSR count). The van der Waals surface area contributed by atoms with Gasteiger partial charge in [0.05, 0.1) is 6.29 Å². The smallest absolute Gasteiger partial charge is 0.0843 e. The number of nitrogens with zero attached hydrogens (tertiary/aromatic N) is 2. The zero-order valence-corrected chi connectivity index (χ0v) is 11.9. The minimum atomic E-state index is 0.604. The van der Waals surface area contributed by atoms with E-state index in [1.807, 2.05) is 6.07 Å². The van der Waals surface area contributed by atoms with Crippen molar-refractivity contribution in [3.05, 3.63) is 54.6 Å². The molecule has 0 spiro atoms. The second-order valence-corrected chi connectivity index (χ2v) is 2.18. The monoisotopic (exact) mass is 496 g/mol. The zero-order valence-electron chi connectivity index (χ0n) is 7.60. The maximum Gasteiger partial charge on any atom is -0.0843 e. The van der Waals surface area contributed by atoms with Crippen molar-refractivity contribution in [1.29, 1.82) is 0 Å². The first-order valence-corrected chi connectivity index (χ1v) is 9.99. The summed E-state index contributed by atoms with van der Waals surface area (Å²) in [5, 5.41) is 0. The molecule has 5 heteroatoms. The Morgan fingerprint density at radius 1 is 1.27 bits per heavy atom. The molecule has 0 unspecified atom stereocenters. The molecule has 0 N–H and O–H groups in total. The fourth-order valence-electron chi connectivity index (χ4n) is 0.699. The standard InChI is InChI=1S/C7H5O.C3H3N2.Au.HI/c8-6-7-4-2-1-3-5-7;1-2-5-3-4-1;;/h1-5H;1-3H;;1H/q2*-1;+1;/p-1. The summed E-state index contributed by atoms with van der Waals surface area (Å²) in [5.74, 6) is 0. The van der Waals surface area contributed by atoms with Crippen LogP contribution in [0.3, 0.4) is 0 Å². The van der Waals surface area contributed by atoms with Gasteiger partial charge in [0.2, 0.25) is 0 Å². The van der Waals surface area contributed by atoms with Gasteiger partial charge in [-0.2, -0.15) is 17.7 Å². The molecule has 3 nitrogen and oxygen atoms in total.